The molecule has 2 aromatic carbocycles. The second kappa shape index (κ2) is 7.61. The first-order valence-corrected chi connectivity index (χ1v) is 7.56. The summed E-state index contributed by atoms with van der Waals surface area (Å²) in [5, 5.41) is 5.26. The number of anilines is 1. The van der Waals surface area contributed by atoms with Gasteiger partial charge in [0.2, 0.25) is 5.91 Å². The highest BCUT2D eigenvalue weighted by Gasteiger charge is 2.08. The first kappa shape index (κ1) is 16.0. The van der Waals surface area contributed by atoms with Crippen molar-refractivity contribution in [2.75, 3.05) is 11.9 Å². The van der Waals surface area contributed by atoms with Gasteiger partial charge in [0.1, 0.15) is 0 Å². The van der Waals surface area contributed by atoms with E-state index in [0.29, 0.717) is 16.8 Å². The highest BCUT2D eigenvalue weighted by molar-refractivity contribution is 14.1. The second-order valence-corrected chi connectivity index (χ2v) is 5.71. The molecule has 0 aliphatic rings. The zero-order valence-corrected chi connectivity index (χ0v) is 13.8. The number of terminal acetylenes is 1. The molecule has 0 spiro atoms. The van der Waals surface area contributed by atoms with Crippen LogP contribution in [-0.4, -0.2) is 18.4 Å². The standard InChI is InChI=1S/C17H13IN2O2/c1-2-12-5-3-8-15(9-12)20-16(21)11-19-17(22)13-6-4-7-14(18)10-13/h1,3-10H,11H2,(H,19,22)(H,20,21). The van der Waals surface area contributed by atoms with E-state index in [2.05, 4.69) is 39.1 Å². The quantitative estimate of drug-likeness (QED) is 0.608. The molecular formula is C17H13IN2O2. The van der Waals surface area contributed by atoms with Gasteiger partial charge in [0.05, 0.1) is 6.54 Å². The van der Waals surface area contributed by atoms with Gasteiger partial charge in [0.25, 0.3) is 5.91 Å². The second-order valence-electron chi connectivity index (χ2n) is 4.47. The van der Waals surface area contributed by atoms with Crippen LogP contribution in [0.5, 0.6) is 0 Å². The van der Waals surface area contributed by atoms with E-state index in [1.807, 2.05) is 6.07 Å². The van der Waals surface area contributed by atoms with Crippen molar-refractivity contribution in [3.63, 3.8) is 0 Å². The van der Waals surface area contributed by atoms with Gasteiger partial charge in [-0.1, -0.05) is 18.1 Å². The molecule has 0 saturated carbocycles. The fourth-order valence-electron chi connectivity index (χ4n) is 1.78. The molecule has 2 N–H and O–H groups in total. The summed E-state index contributed by atoms with van der Waals surface area (Å²) in [5.74, 6) is 1.90. The van der Waals surface area contributed by atoms with Crippen LogP contribution in [0.25, 0.3) is 0 Å². The minimum absolute atomic E-state index is 0.107. The lowest BCUT2D eigenvalue weighted by Gasteiger charge is -2.07. The van der Waals surface area contributed by atoms with Crippen LogP contribution in [0.15, 0.2) is 48.5 Å². The van der Waals surface area contributed by atoms with Crippen molar-refractivity contribution in [3.05, 3.63) is 63.2 Å². The third-order valence-corrected chi connectivity index (χ3v) is 3.48. The van der Waals surface area contributed by atoms with Crippen LogP contribution in [0.1, 0.15) is 15.9 Å². The number of carbonyl (C=O) groups is 2. The minimum atomic E-state index is -0.312. The molecule has 2 aromatic rings. The number of carbonyl (C=O) groups excluding carboxylic acids is 2. The summed E-state index contributed by atoms with van der Waals surface area (Å²) >= 11 is 2.13. The van der Waals surface area contributed by atoms with Crippen molar-refractivity contribution in [2.24, 2.45) is 0 Å². The van der Waals surface area contributed by atoms with Gasteiger partial charge in [-0.15, -0.1) is 6.42 Å². The van der Waals surface area contributed by atoms with Crippen molar-refractivity contribution in [1.82, 2.24) is 5.32 Å². The number of hydrogen-bond donors (Lipinski definition) is 2. The Balaban J connectivity index is 1.90. The predicted octanol–water partition coefficient (Wildman–Crippen LogP) is 2.64. The van der Waals surface area contributed by atoms with Gasteiger partial charge >= 0.3 is 0 Å². The van der Waals surface area contributed by atoms with Gasteiger partial charge in [0, 0.05) is 20.4 Å². The molecule has 110 valence electrons. The molecule has 22 heavy (non-hydrogen) atoms. The maximum Gasteiger partial charge on any atom is 0.251 e. The third-order valence-electron chi connectivity index (χ3n) is 2.81. The summed E-state index contributed by atoms with van der Waals surface area (Å²) in [4.78, 5) is 23.8. The fraction of sp³-hybridized carbons (Fsp3) is 0.0588. The summed E-state index contributed by atoms with van der Waals surface area (Å²) in [5.41, 5.74) is 1.80. The number of nitrogens with one attached hydrogen (secondary N) is 2. The van der Waals surface area contributed by atoms with E-state index in [-0.39, 0.29) is 18.4 Å². The van der Waals surface area contributed by atoms with E-state index < -0.39 is 0 Å². The average Bonchev–Trinajstić information content (AvgIpc) is 2.52. The summed E-state index contributed by atoms with van der Waals surface area (Å²) in [6.45, 7) is -0.107. The SMILES string of the molecule is C#Cc1cccc(NC(=O)CNC(=O)c2cccc(I)c2)c1. The molecule has 0 unspecified atom stereocenters. The smallest absolute Gasteiger partial charge is 0.251 e. The summed E-state index contributed by atoms with van der Waals surface area (Å²) < 4.78 is 0.959. The molecule has 0 bridgehead atoms. The summed E-state index contributed by atoms with van der Waals surface area (Å²) in [6.07, 6.45) is 5.30. The Hall–Kier alpha value is -2.33. The fourth-order valence-corrected chi connectivity index (χ4v) is 2.33. The Morgan fingerprint density at radius 2 is 1.91 bits per heavy atom. The van der Waals surface area contributed by atoms with Gasteiger partial charge in [-0.2, -0.15) is 0 Å². The molecule has 5 heteroatoms. The van der Waals surface area contributed by atoms with E-state index in [4.69, 9.17) is 6.42 Å². The van der Waals surface area contributed by atoms with Crippen LogP contribution in [0.4, 0.5) is 5.69 Å². The molecule has 0 aliphatic heterocycles. The lowest BCUT2D eigenvalue weighted by molar-refractivity contribution is -0.115. The van der Waals surface area contributed by atoms with E-state index in [1.165, 1.54) is 0 Å². The average molecular weight is 404 g/mol. The minimum Gasteiger partial charge on any atom is -0.343 e. The lowest BCUT2D eigenvalue weighted by Crippen LogP contribution is -2.32. The van der Waals surface area contributed by atoms with Gasteiger partial charge in [-0.25, -0.2) is 0 Å². The van der Waals surface area contributed by atoms with Gasteiger partial charge < -0.3 is 10.6 Å². The highest BCUT2D eigenvalue weighted by Crippen LogP contribution is 2.09. The molecule has 2 rings (SSSR count). The molecule has 0 saturated heterocycles. The van der Waals surface area contributed by atoms with E-state index in [9.17, 15) is 9.59 Å². The maximum absolute atomic E-state index is 11.9. The largest absolute Gasteiger partial charge is 0.343 e. The molecule has 0 aromatic heterocycles. The van der Waals surface area contributed by atoms with E-state index in [1.54, 1.807) is 42.5 Å². The van der Waals surface area contributed by atoms with E-state index >= 15 is 0 Å². The van der Waals surface area contributed by atoms with Crippen LogP contribution in [0.3, 0.4) is 0 Å². The molecule has 0 fully saturated rings. The predicted molar refractivity (Wildman–Crippen MR) is 94.5 cm³/mol. The first-order chi connectivity index (χ1) is 10.6. The number of halogens is 1. The Morgan fingerprint density at radius 3 is 2.64 bits per heavy atom. The Bertz CT molecular complexity index is 750. The number of rotatable bonds is 4. The number of hydrogen-bond acceptors (Lipinski definition) is 2. The van der Waals surface area contributed by atoms with Crippen molar-refractivity contribution in [1.29, 1.82) is 0 Å². The normalized spacial score (nSPS) is 9.64. The third kappa shape index (κ3) is 4.60. The molecule has 0 atom stereocenters. The molecule has 2 amide bonds. The van der Waals surface area contributed by atoms with Crippen LogP contribution in [0.2, 0.25) is 0 Å². The van der Waals surface area contributed by atoms with Crippen LogP contribution in [-0.2, 0) is 4.79 Å². The topological polar surface area (TPSA) is 58.2 Å². The monoisotopic (exact) mass is 404 g/mol. The molecule has 0 aliphatic carbocycles. The highest BCUT2D eigenvalue weighted by atomic mass is 127. The first-order valence-electron chi connectivity index (χ1n) is 6.49. The number of amides is 2. The summed E-state index contributed by atoms with van der Waals surface area (Å²) in [6, 6.07) is 14.1. The van der Waals surface area contributed by atoms with Crippen molar-refractivity contribution in [3.8, 4) is 12.3 Å². The molecule has 4 nitrogen and oxygen atoms in total. The van der Waals surface area contributed by atoms with Gasteiger partial charge in [-0.3, -0.25) is 9.59 Å². The van der Waals surface area contributed by atoms with Gasteiger partial charge in [0.15, 0.2) is 0 Å². The van der Waals surface area contributed by atoms with E-state index in [0.717, 1.165) is 3.57 Å². The Morgan fingerprint density at radius 1 is 1.14 bits per heavy atom. The molecule has 0 radical (unpaired) electrons. The van der Waals surface area contributed by atoms with Crippen LogP contribution >= 0.6 is 22.6 Å². The lowest BCUT2D eigenvalue weighted by atomic mass is 10.2. The Labute approximate surface area is 142 Å². The Kier molecular flexibility index (Phi) is 5.55. The van der Waals surface area contributed by atoms with Gasteiger partial charge in [-0.05, 0) is 59.0 Å². The van der Waals surface area contributed by atoms with Crippen molar-refractivity contribution < 1.29 is 9.59 Å². The molecular weight excluding hydrogens is 391 g/mol. The maximum atomic E-state index is 11.9. The van der Waals surface area contributed by atoms with Crippen LogP contribution < -0.4 is 10.6 Å². The number of benzene rings is 2. The zero-order valence-electron chi connectivity index (χ0n) is 11.6. The zero-order chi connectivity index (χ0) is 15.9. The van der Waals surface area contributed by atoms with Crippen molar-refractivity contribution in [2.45, 2.75) is 0 Å². The van der Waals surface area contributed by atoms with Crippen molar-refractivity contribution >= 4 is 40.1 Å². The summed E-state index contributed by atoms with van der Waals surface area (Å²) in [7, 11) is 0. The van der Waals surface area contributed by atoms with Crippen LogP contribution in [0, 0.1) is 15.9 Å². The molecule has 0 heterocycles.